The Kier molecular flexibility index (Phi) is 4.17. The molecule has 1 unspecified atom stereocenters. The minimum absolute atomic E-state index is 0.0919. The Morgan fingerprint density at radius 1 is 1.19 bits per heavy atom. The van der Waals surface area contributed by atoms with Gasteiger partial charge in [0.2, 0.25) is 0 Å². The van der Waals surface area contributed by atoms with E-state index in [0.717, 1.165) is 32.1 Å². The predicted octanol–water partition coefficient (Wildman–Crippen LogP) is 5.45. The van der Waals surface area contributed by atoms with Crippen LogP contribution >= 0.6 is 0 Å². The summed E-state index contributed by atoms with van der Waals surface area (Å²) in [5.41, 5.74) is 2.15. The molecule has 0 radical (unpaired) electrons. The first-order chi connectivity index (χ1) is 12.3. The van der Waals surface area contributed by atoms with E-state index in [1.165, 1.54) is 24.0 Å². The first kappa shape index (κ1) is 17.9. The number of allylic oxidation sites excluding steroid dienone is 5. The number of ketones is 2. The maximum atomic E-state index is 12.7. The molecular formula is C24H32O2. The van der Waals surface area contributed by atoms with Crippen molar-refractivity contribution in [1.29, 1.82) is 0 Å². The number of carbonyl (C=O) groups excluding carboxylic acids is 2. The number of rotatable bonds is 3. The molecule has 0 aromatic heterocycles. The molecule has 0 saturated heterocycles. The zero-order valence-electron chi connectivity index (χ0n) is 16.5. The molecule has 2 heteroatoms. The van der Waals surface area contributed by atoms with E-state index in [-0.39, 0.29) is 16.6 Å². The van der Waals surface area contributed by atoms with E-state index in [1.807, 2.05) is 6.08 Å². The molecule has 0 aromatic carbocycles. The Bertz CT molecular complexity index is 726. The van der Waals surface area contributed by atoms with Crippen LogP contribution in [0.3, 0.4) is 0 Å². The van der Waals surface area contributed by atoms with Gasteiger partial charge in [-0.05, 0) is 72.7 Å². The van der Waals surface area contributed by atoms with Gasteiger partial charge >= 0.3 is 0 Å². The Labute approximate surface area is 157 Å². The number of fused-ring (bicyclic) bond motifs is 5. The van der Waals surface area contributed by atoms with Gasteiger partial charge in [0, 0.05) is 17.3 Å². The summed E-state index contributed by atoms with van der Waals surface area (Å²) >= 11 is 0. The molecular weight excluding hydrogens is 320 g/mol. The largest absolute Gasteiger partial charge is 0.299 e. The monoisotopic (exact) mass is 352 g/mol. The van der Waals surface area contributed by atoms with Crippen LogP contribution < -0.4 is 0 Å². The highest BCUT2D eigenvalue weighted by atomic mass is 16.1. The number of hydrogen-bond acceptors (Lipinski definition) is 2. The van der Waals surface area contributed by atoms with Crippen molar-refractivity contribution in [2.24, 2.45) is 34.5 Å². The fraction of sp³-hybridized carbons (Fsp3) is 0.667. The lowest BCUT2D eigenvalue weighted by molar-refractivity contribution is -0.132. The summed E-state index contributed by atoms with van der Waals surface area (Å²) in [6.07, 6.45) is 13.2. The van der Waals surface area contributed by atoms with Crippen LogP contribution in [0.2, 0.25) is 0 Å². The molecule has 0 aliphatic heterocycles. The van der Waals surface area contributed by atoms with E-state index >= 15 is 0 Å². The topological polar surface area (TPSA) is 34.1 Å². The second kappa shape index (κ2) is 6.04. The third kappa shape index (κ3) is 2.30. The van der Waals surface area contributed by atoms with Crippen LogP contribution in [0.1, 0.15) is 65.7 Å². The van der Waals surface area contributed by atoms with Crippen molar-refractivity contribution in [3.63, 3.8) is 0 Å². The average Bonchev–Trinajstić information content (AvgIpc) is 2.92. The Balaban J connectivity index is 1.81. The lowest BCUT2D eigenvalue weighted by Crippen LogP contribution is -2.53. The summed E-state index contributed by atoms with van der Waals surface area (Å²) < 4.78 is 0. The quantitative estimate of drug-likeness (QED) is 0.677. The fourth-order valence-corrected chi connectivity index (χ4v) is 6.90. The van der Waals surface area contributed by atoms with Crippen molar-refractivity contribution in [1.82, 2.24) is 0 Å². The van der Waals surface area contributed by atoms with Gasteiger partial charge in [-0.2, -0.15) is 0 Å². The third-order valence-corrected chi connectivity index (χ3v) is 8.40. The smallest absolute Gasteiger partial charge is 0.178 e. The van der Waals surface area contributed by atoms with Crippen molar-refractivity contribution in [3.8, 4) is 0 Å². The maximum Gasteiger partial charge on any atom is 0.178 e. The number of unbranched alkanes of at least 4 members (excludes halogenated alkanes) is 1. The molecule has 140 valence electrons. The van der Waals surface area contributed by atoms with Crippen LogP contribution in [0.5, 0.6) is 0 Å². The minimum atomic E-state index is -0.127. The molecule has 4 aliphatic carbocycles. The summed E-state index contributed by atoms with van der Waals surface area (Å²) in [6.45, 7) is 11.3. The standard InChI is InChI=1S/C24H32O2/c1-5-6-7-17-15(2)20-14-16(25)10-12-23(20,3)19-11-13-24(4)18(22(17)19)8-9-21(24)26/h10,12,14,17-19,22H,2,5-9,11,13H2,1,3-4H3/t17?,18-,19-,22-,23+,24-/m0/s1. The normalized spacial score (nSPS) is 44.4. The maximum absolute atomic E-state index is 12.7. The van der Waals surface area contributed by atoms with Crippen molar-refractivity contribution >= 4 is 11.6 Å². The van der Waals surface area contributed by atoms with Crippen LogP contribution in [-0.4, -0.2) is 11.6 Å². The summed E-state index contributed by atoms with van der Waals surface area (Å²) in [5.74, 6) is 2.55. The van der Waals surface area contributed by atoms with E-state index in [1.54, 1.807) is 6.08 Å². The summed E-state index contributed by atoms with van der Waals surface area (Å²) in [6, 6.07) is 0. The van der Waals surface area contributed by atoms with E-state index in [4.69, 9.17) is 0 Å². The molecule has 3 saturated carbocycles. The van der Waals surface area contributed by atoms with Crippen LogP contribution in [0.15, 0.2) is 36.0 Å². The van der Waals surface area contributed by atoms with Gasteiger partial charge in [-0.3, -0.25) is 9.59 Å². The lowest BCUT2D eigenvalue weighted by atomic mass is 9.44. The molecule has 0 bridgehead atoms. The molecule has 6 atom stereocenters. The predicted molar refractivity (Wildman–Crippen MR) is 105 cm³/mol. The van der Waals surface area contributed by atoms with E-state index in [2.05, 4.69) is 33.4 Å². The van der Waals surface area contributed by atoms with Gasteiger partial charge in [-0.15, -0.1) is 0 Å². The van der Waals surface area contributed by atoms with Gasteiger partial charge in [-0.1, -0.05) is 46.3 Å². The number of Topliss-reactive ketones (excluding diaryl/α,β-unsaturated/α-hetero) is 1. The molecule has 0 aromatic rings. The van der Waals surface area contributed by atoms with Gasteiger partial charge in [-0.25, -0.2) is 0 Å². The SMILES string of the molecule is C=C1C2=CC(=O)C=C[C@]2(C)[C@H]2CC[C@]3(C)C(=O)CC[C@H]3[C@@H]2C1CCCC. The third-order valence-electron chi connectivity index (χ3n) is 8.40. The zero-order chi connectivity index (χ0) is 18.7. The molecule has 3 fully saturated rings. The van der Waals surface area contributed by atoms with E-state index < -0.39 is 0 Å². The highest BCUT2D eigenvalue weighted by Crippen LogP contribution is 2.66. The van der Waals surface area contributed by atoms with Gasteiger partial charge in [0.25, 0.3) is 0 Å². The molecule has 0 heterocycles. The first-order valence-electron chi connectivity index (χ1n) is 10.5. The van der Waals surface area contributed by atoms with Gasteiger partial charge in [0.1, 0.15) is 5.78 Å². The van der Waals surface area contributed by atoms with Crippen LogP contribution in [-0.2, 0) is 9.59 Å². The highest BCUT2D eigenvalue weighted by molar-refractivity contribution is 6.02. The van der Waals surface area contributed by atoms with Crippen LogP contribution in [0, 0.1) is 34.5 Å². The van der Waals surface area contributed by atoms with E-state index in [0.29, 0.717) is 29.5 Å². The summed E-state index contributed by atoms with van der Waals surface area (Å²) in [7, 11) is 0. The molecule has 0 amide bonds. The van der Waals surface area contributed by atoms with Crippen molar-refractivity contribution in [3.05, 3.63) is 36.0 Å². The number of hydrogen-bond donors (Lipinski definition) is 0. The second-order valence-electron chi connectivity index (χ2n) is 9.56. The van der Waals surface area contributed by atoms with Crippen LogP contribution in [0.25, 0.3) is 0 Å². The first-order valence-corrected chi connectivity index (χ1v) is 10.5. The Hall–Kier alpha value is -1.44. The van der Waals surface area contributed by atoms with E-state index in [9.17, 15) is 9.59 Å². The Morgan fingerprint density at radius 3 is 2.69 bits per heavy atom. The minimum Gasteiger partial charge on any atom is -0.299 e. The Morgan fingerprint density at radius 2 is 1.96 bits per heavy atom. The van der Waals surface area contributed by atoms with Gasteiger partial charge in [0.15, 0.2) is 5.78 Å². The van der Waals surface area contributed by atoms with Crippen molar-refractivity contribution in [2.75, 3.05) is 0 Å². The molecule has 0 N–H and O–H groups in total. The van der Waals surface area contributed by atoms with Crippen LogP contribution in [0.4, 0.5) is 0 Å². The lowest BCUT2D eigenvalue weighted by Gasteiger charge is -2.59. The summed E-state index contributed by atoms with van der Waals surface area (Å²) in [4.78, 5) is 24.8. The fourth-order valence-electron chi connectivity index (χ4n) is 6.90. The number of carbonyl (C=O) groups is 2. The molecule has 2 nitrogen and oxygen atoms in total. The van der Waals surface area contributed by atoms with Crippen molar-refractivity contribution < 1.29 is 9.59 Å². The second-order valence-corrected chi connectivity index (χ2v) is 9.56. The highest BCUT2D eigenvalue weighted by Gasteiger charge is 2.61. The van der Waals surface area contributed by atoms with Crippen molar-refractivity contribution in [2.45, 2.75) is 65.7 Å². The molecule has 4 rings (SSSR count). The molecule has 4 aliphatic rings. The van der Waals surface area contributed by atoms with Gasteiger partial charge in [0.05, 0.1) is 0 Å². The molecule has 26 heavy (non-hydrogen) atoms. The summed E-state index contributed by atoms with van der Waals surface area (Å²) in [5, 5.41) is 0. The average molecular weight is 353 g/mol. The van der Waals surface area contributed by atoms with Gasteiger partial charge < -0.3 is 0 Å². The molecule has 0 spiro atoms. The zero-order valence-corrected chi connectivity index (χ0v) is 16.5.